The quantitative estimate of drug-likeness (QED) is 0.722. The number of nitrogens with one attached hydrogen (secondary N) is 1. The van der Waals surface area contributed by atoms with Crippen LogP contribution in [-0.2, 0) is 9.53 Å². The molecule has 0 aliphatic heterocycles. The highest BCUT2D eigenvalue weighted by Gasteiger charge is 2.18. The molecule has 0 spiro atoms. The summed E-state index contributed by atoms with van der Waals surface area (Å²) < 4.78 is 6.47. The lowest BCUT2D eigenvalue weighted by atomic mass is 10.1. The van der Waals surface area contributed by atoms with Crippen molar-refractivity contribution in [2.24, 2.45) is 0 Å². The standard InChI is InChI=1S/C18H19N5O3/c1-10-6-5-7-14(13(10)4)20-15(24)9-26-17(25)16-21-18-19-11(2)8-12(3)23(18)22-16/h5-8H,9H2,1-4H3,(H,20,24). The molecule has 8 heteroatoms. The number of fused-ring (bicyclic) bond motifs is 1. The fourth-order valence-electron chi connectivity index (χ4n) is 2.52. The van der Waals surface area contributed by atoms with Crippen LogP contribution in [0.4, 0.5) is 5.69 Å². The van der Waals surface area contributed by atoms with Gasteiger partial charge in [0.2, 0.25) is 0 Å². The summed E-state index contributed by atoms with van der Waals surface area (Å²) in [6.07, 6.45) is 0. The SMILES string of the molecule is Cc1cc(C)n2nc(C(=O)OCC(=O)Nc3cccc(C)c3C)nc2n1. The first-order valence-electron chi connectivity index (χ1n) is 8.09. The molecule has 8 nitrogen and oxygen atoms in total. The summed E-state index contributed by atoms with van der Waals surface area (Å²) in [5.41, 5.74) is 4.28. The predicted octanol–water partition coefficient (Wildman–Crippen LogP) is 2.15. The molecule has 0 unspecified atom stereocenters. The second-order valence-electron chi connectivity index (χ2n) is 6.06. The Labute approximate surface area is 150 Å². The zero-order valence-corrected chi connectivity index (χ0v) is 15.0. The first kappa shape index (κ1) is 17.5. The lowest BCUT2D eigenvalue weighted by Gasteiger charge is -2.10. The summed E-state index contributed by atoms with van der Waals surface area (Å²) in [6.45, 7) is 7.11. The third kappa shape index (κ3) is 3.53. The average molecular weight is 353 g/mol. The molecule has 0 radical (unpaired) electrons. The smallest absolute Gasteiger partial charge is 0.378 e. The van der Waals surface area contributed by atoms with Crippen LogP contribution in [0.2, 0.25) is 0 Å². The van der Waals surface area contributed by atoms with E-state index in [9.17, 15) is 9.59 Å². The summed E-state index contributed by atoms with van der Waals surface area (Å²) in [6, 6.07) is 7.43. The van der Waals surface area contributed by atoms with E-state index in [1.807, 2.05) is 45.9 Å². The molecule has 2 heterocycles. The molecular weight excluding hydrogens is 334 g/mol. The normalized spacial score (nSPS) is 10.8. The van der Waals surface area contributed by atoms with Gasteiger partial charge in [0.25, 0.3) is 17.5 Å². The number of amides is 1. The Morgan fingerprint density at radius 3 is 2.69 bits per heavy atom. The van der Waals surface area contributed by atoms with Gasteiger partial charge in [-0.1, -0.05) is 12.1 Å². The van der Waals surface area contributed by atoms with Crippen LogP contribution in [0.5, 0.6) is 0 Å². The number of hydrogen-bond donors (Lipinski definition) is 1. The summed E-state index contributed by atoms with van der Waals surface area (Å²) >= 11 is 0. The minimum Gasteiger partial charge on any atom is -0.450 e. The van der Waals surface area contributed by atoms with Crippen molar-refractivity contribution in [3.63, 3.8) is 0 Å². The van der Waals surface area contributed by atoms with E-state index in [0.717, 1.165) is 22.5 Å². The number of aryl methyl sites for hydroxylation is 3. The van der Waals surface area contributed by atoms with Gasteiger partial charge in [-0.3, -0.25) is 4.79 Å². The third-order valence-corrected chi connectivity index (χ3v) is 4.01. The Morgan fingerprint density at radius 2 is 1.92 bits per heavy atom. The van der Waals surface area contributed by atoms with E-state index < -0.39 is 18.5 Å². The Bertz CT molecular complexity index is 1010. The van der Waals surface area contributed by atoms with Crippen molar-refractivity contribution in [2.45, 2.75) is 27.7 Å². The van der Waals surface area contributed by atoms with Crippen LogP contribution < -0.4 is 5.32 Å². The molecule has 26 heavy (non-hydrogen) atoms. The molecular formula is C18H19N5O3. The molecule has 3 aromatic rings. The van der Waals surface area contributed by atoms with Crippen molar-refractivity contribution in [2.75, 3.05) is 11.9 Å². The molecule has 0 aliphatic rings. The van der Waals surface area contributed by atoms with Gasteiger partial charge < -0.3 is 10.1 Å². The fourth-order valence-corrected chi connectivity index (χ4v) is 2.52. The van der Waals surface area contributed by atoms with Gasteiger partial charge in [0.05, 0.1) is 0 Å². The second kappa shape index (κ2) is 6.91. The van der Waals surface area contributed by atoms with E-state index in [4.69, 9.17) is 4.74 Å². The van der Waals surface area contributed by atoms with E-state index in [1.54, 1.807) is 6.07 Å². The number of benzene rings is 1. The first-order chi connectivity index (χ1) is 12.3. The van der Waals surface area contributed by atoms with Crippen molar-refractivity contribution in [3.8, 4) is 0 Å². The van der Waals surface area contributed by atoms with Gasteiger partial charge in [-0.2, -0.15) is 4.98 Å². The van der Waals surface area contributed by atoms with Gasteiger partial charge in [-0.25, -0.2) is 14.3 Å². The van der Waals surface area contributed by atoms with Crippen molar-refractivity contribution in [1.82, 2.24) is 19.6 Å². The number of nitrogens with zero attached hydrogens (tertiary/aromatic N) is 4. The van der Waals surface area contributed by atoms with Crippen LogP contribution >= 0.6 is 0 Å². The first-order valence-corrected chi connectivity index (χ1v) is 8.09. The largest absolute Gasteiger partial charge is 0.450 e. The highest BCUT2D eigenvalue weighted by molar-refractivity contribution is 5.95. The monoisotopic (exact) mass is 353 g/mol. The zero-order valence-electron chi connectivity index (χ0n) is 15.0. The maximum Gasteiger partial charge on any atom is 0.378 e. The molecule has 0 fully saturated rings. The van der Waals surface area contributed by atoms with E-state index in [0.29, 0.717) is 11.5 Å². The highest BCUT2D eigenvalue weighted by atomic mass is 16.5. The van der Waals surface area contributed by atoms with E-state index in [-0.39, 0.29) is 5.82 Å². The van der Waals surface area contributed by atoms with E-state index in [2.05, 4.69) is 20.4 Å². The Hall–Kier alpha value is -3.29. The molecule has 0 saturated heterocycles. The Balaban J connectivity index is 1.66. The molecule has 0 atom stereocenters. The molecule has 1 N–H and O–H groups in total. The van der Waals surface area contributed by atoms with Gasteiger partial charge in [-0.15, -0.1) is 5.10 Å². The molecule has 1 aromatic carbocycles. The van der Waals surface area contributed by atoms with Gasteiger partial charge in [-0.05, 0) is 51.0 Å². The third-order valence-electron chi connectivity index (χ3n) is 4.01. The molecule has 134 valence electrons. The minimum atomic E-state index is -0.774. The van der Waals surface area contributed by atoms with Gasteiger partial charge in [0.15, 0.2) is 6.61 Å². The number of esters is 1. The number of carbonyl (C=O) groups excluding carboxylic acids is 2. The lowest BCUT2D eigenvalue weighted by Crippen LogP contribution is -2.22. The molecule has 1 amide bonds. The molecule has 3 rings (SSSR count). The zero-order chi connectivity index (χ0) is 18.8. The number of rotatable bonds is 4. The van der Waals surface area contributed by atoms with Crippen LogP contribution in [0.1, 0.15) is 33.1 Å². The molecule has 2 aromatic heterocycles. The lowest BCUT2D eigenvalue weighted by molar-refractivity contribution is -0.119. The van der Waals surface area contributed by atoms with Crippen LogP contribution in [0, 0.1) is 27.7 Å². The Morgan fingerprint density at radius 1 is 1.15 bits per heavy atom. The van der Waals surface area contributed by atoms with Crippen molar-refractivity contribution in [1.29, 1.82) is 0 Å². The number of anilines is 1. The van der Waals surface area contributed by atoms with Gasteiger partial charge >= 0.3 is 5.97 Å². The molecule has 0 saturated carbocycles. The number of ether oxygens (including phenoxy) is 1. The summed E-state index contributed by atoms with van der Waals surface area (Å²) in [4.78, 5) is 32.4. The predicted molar refractivity (Wildman–Crippen MR) is 95.1 cm³/mol. The topological polar surface area (TPSA) is 98.5 Å². The average Bonchev–Trinajstić information content (AvgIpc) is 3.01. The van der Waals surface area contributed by atoms with Gasteiger partial charge in [0, 0.05) is 17.1 Å². The highest BCUT2D eigenvalue weighted by Crippen LogP contribution is 2.17. The minimum absolute atomic E-state index is 0.134. The summed E-state index contributed by atoms with van der Waals surface area (Å²) in [5, 5.41) is 6.80. The number of hydrogen-bond acceptors (Lipinski definition) is 6. The van der Waals surface area contributed by atoms with Gasteiger partial charge in [0.1, 0.15) is 0 Å². The summed E-state index contributed by atoms with van der Waals surface area (Å²) in [5.74, 6) is -1.02. The number of carbonyl (C=O) groups is 2. The maximum atomic E-state index is 12.1. The van der Waals surface area contributed by atoms with Crippen molar-refractivity contribution < 1.29 is 14.3 Å². The maximum absolute atomic E-state index is 12.1. The van der Waals surface area contributed by atoms with E-state index in [1.165, 1.54) is 4.52 Å². The van der Waals surface area contributed by atoms with Crippen LogP contribution in [-0.4, -0.2) is 38.1 Å². The fraction of sp³-hybridized carbons (Fsp3) is 0.278. The molecule has 0 aliphatic carbocycles. The Kier molecular flexibility index (Phi) is 4.66. The van der Waals surface area contributed by atoms with Crippen LogP contribution in [0.25, 0.3) is 5.78 Å². The van der Waals surface area contributed by atoms with Crippen molar-refractivity contribution in [3.05, 3.63) is 52.6 Å². The van der Waals surface area contributed by atoms with E-state index >= 15 is 0 Å². The van der Waals surface area contributed by atoms with Crippen LogP contribution in [0.3, 0.4) is 0 Å². The summed E-state index contributed by atoms with van der Waals surface area (Å²) in [7, 11) is 0. The van der Waals surface area contributed by atoms with Crippen LogP contribution in [0.15, 0.2) is 24.3 Å². The second-order valence-corrected chi connectivity index (χ2v) is 6.06. The molecule has 0 bridgehead atoms. The van der Waals surface area contributed by atoms with Crippen molar-refractivity contribution >= 4 is 23.3 Å². The number of aromatic nitrogens is 4.